The number of aromatic nitrogens is 4. The topological polar surface area (TPSA) is 59.5 Å². The van der Waals surface area contributed by atoms with E-state index in [1.54, 1.807) is 11.3 Å². The maximum absolute atomic E-state index is 5.98. The predicted octanol–water partition coefficient (Wildman–Crippen LogP) is 4.73. The maximum atomic E-state index is 5.98. The molecule has 0 radical (unpaired) electrons. The van der Waals surface area contributed by atoms with Crippen molar-refractivity contribution in [1.29, 1.82) is 0 Å². The van der Waals surface area contributed by atoms with Crippen LogP contribution in [-0.2, 0) is 0 Å². The van der Waals surface area contributed by atoms with Gasteiger partial charge in [-0.15, -0.1) is 15.3 Å². The smallest absolute Gasteiger partial charge is 0.186 e. The van der Waals surface area contributed by atoms with Crippen molar-refractivity contribution >= 4 is 22.8 Å². The van der Waals surface area contributed by atoms with E-state index in [4.69, 9.17) is 9.52 Å². The molecule has 0 N–H and O–H groups in total. The molecule has 1 aliphatic heterocycles. The van der Waals surface area contributed by atoms with Gasteiger partial charge in [-0.3, -0.25) is 0 Å². The Balaban J connectivity index is 1.57. The first kappa shape index (κ1) is 16.5. The molecule has 5 rings (SSSR count). The van der Waals surface area contributed by atoms with Crippen molar-refractivity contribution < 1.29 is 4.42 Å². The summed E-state index contributed by atoms with van der Waals surface area (Å²) < 4.78 is 7.83. The summed E-state index contributed by atoms with van der Waals surface area (Å²) in [5, 5.41) is 17.6. The molecular weight excluding hydrogens is 358 g/mol. The van der Waals surface area contributed by atoms with Crippen LogP contribution in [0, 0.1) is 12.8 Å². The highest BCUT2D eigenvalue weighted by Gasteiger charge is 2.31. The highest BCUT2D eigenvalue weighted by Crippen LogP contribution is 2.37. The lowest BCUT2D eigenvalue weighted by Crippen LogP contribution is -2.37. The Morgan fingerprint density at radius 3 is 2.85 bits per heavy atom. The molecule has 5 heterocycles. The highest BCUT2D eigenvalue weighted by molar-refractivity contribution is 7.08. The van der Waals surface area contributed by atoms with Gasteiger partial charge in [0.1, 0.15) is 17.3 Å². The minimum absolute atomic E-state index is 0.202. The molecule has 0 saturated carbocycles. The summed E-state index contributed by atoms with van der Waals surface area (Å²) in [6, 6.07) is 10.4. The van der Waals surface area contributed by atoms with E-state index in [0.29, 0.717) is 5.92 Å². The number of rotatable bonds is 3. The fraction of sp³-hybridized carbons (Fsp3) is 0.350. The molecule has 6 nitrogen and oxygen atoms in total. The second-order valence-electron chi connectivity index (χ2n) is 7.28. The van der Waals surface area contributed by atoms with E-state index >= 15 is 0 Å². The zero-order valence-electron chi connectivity index (χ0n) is 15.4. The van der Waals surface area contributed by atoms with Crippen LogP contribution in [0.3, 0.4) is 0 Å². The Hall–Kier alpha value is -2.67. The van der Waals surface area contributed by atoms with Crippen LogP contribution in [0.2, 0.25) is 0 Å². The molecule has 4 aromatic rings. The quantitative estimate of drug-likeness (QED) is 0.515. The molecule has 1 fully saturated rings. The van der Waals surface area contributed by atoms with Crippen LogP contribution in [0.1, 0.15) is 37.3 Å². The number of hydrogen-bond acceptors (Lipinski definition) is 6. The molecule has 0 spiro atoms. The molecule has 7 heteroatoms. The van der Waals surface area contributed by atoms with Crippen molar-refractivity contribution in [3.05, 3.63) is 52.6 Å². The van der Waals surface area contributed by atoms with Gasteiger partial charge >= 0.3 is 0 Å². The van der Waals surface area contributed by atoms with Gasteiger partial charge in [-0.2, -0.15) is 15.9 Å². The molecule has 4 aromatic heterocycles. The van der Waals surface area contributed by atoms with Crippen LogP contribution in [-0.4, -0.2) is 26.4 Å². The minimum atomic E-state index is 0.202. The molecule has 0 bridgehead atoms. The Morgan fingerprint density at radius 1 is 1.15 bits per heavy atom. The standard InChI is InChI=1S/C20H21N5OS/c1-13-7-9-24(16(11-13)17-4-3-14(2)26-17)19-6-5-18-21-22-20(25(18)23-19)15-8-10-27-12-15/h3-6,8,10,12-13,16H,7,9,11H2,1-2H3. The van der Waals surface area contributed by atoms with E-state index in [0.717, 1.165) is 53.8 Å². The average molecular weight is 379 g/mol. The molecule has 2 atom stereocenters. The first-order valence-electron chi connectivity index (χ1n) is 9.27. The van der Waals surface area contributed by atoms with Crippen LogP contribution in [0.5, 0.6) is 0 Å². The van der Waals surface area contributed by atoms with Crippen LogP contribution in [0.15, 0.2) is 45.5 Å². The summed E-state index contributed by atoms with van der Waals surface area (Å²) in [5.41, 5.74) is 1.80. The lowest BCUT2D eigenvalue weighted by Gasteiger charge is -2.38. The Kier molecular flexibility index (Phi) is 3.97. The number of aryl methyl sites for hydroxylation is 1. The van der Waals surface area contributed by atoms with Gasteiger partial charge in [0.15, 0.2) is 11.5 Å². The minimum Gasteiger partial charge on any atom is -0.464 e. The van der Waals surface area contributed by atoms with E-state index in [1.807, 2.05) is 41.1 Å². The highest BCUT2D eigenvalue weighted by atomic mass is 32.1. The van der Waals surface area contributed by atoms with E-state index in [9.17, 15) is 0 Å². The molecule has 1 aliphatic rings. The van der Waals surface area contributed by atoms with Gasteiger partial charge in [0.2, 0.25) is 0 Å². The number of anilines is 1. The monoisotopic (exact) mass is 379 g/mol. The fourth-order valence-electron chi connectivity index (χ4n) is 3.82. The van der Waals surface area contributed by atoms with E-state index < -0.39 is 0 Å². The third-order valence-corrected chi connectivity index (χ3v) is 5.96. The number of fused-ring (bicyclic) bond motifs is 1. The summed E-state index contributed by atoms with van der Waals surface area (Å²) in [6.45, 7) is 5.26. The van der Waals surface area contributed by atoms with Gasteiger partial charge in [-0.1, -0.05) is 6.92 Å². The number of nitrogens with zero attached hydrogens (tertiary/aromatic N) is 5. The second-order valence-corrected chi connectivity index (χ2v) is 8.06. The Bertz CT molecular complexity index is 1070. The maximum Gasteiger partial charge on any atom is 0.186 e. The molecular formula is C20H21N5OS. The normalized spacial score (nSPS) is 20.4. The Labute approximate surface area is 161 Å². The molecule has 0 aromatic carbocycles. The van der Waals surface area contributed by atoms with Gasteiger partial charge in [0, 0.05) is 17.5 Å². The van der Waals surface area contributed by atoms with Gasteiger partial charge < -0.3 is 9.32 Å². The van der Waals surface area contributed by atoms with Gasteiger partial charge in [0.05, 0.1) is 6.04 Å². The lowest BCUT2D eigenvalue weighted by molar-refractivity contribution is 0.322. The summed E-state index contributed by atoms with van der Waals surface area (Å²) in [6.07, 6.45) is 2.21. The van der Waals surface area contributed by atoms with Crippen LogP contribution in [0.25, 0.3) is 17.0 Å². The lowest BCUT2D eigenvalue weighted by atomic mass is 9.91. The zero-order valence-corrected chi connectivity index (χ0v) is 16.2. The van der Waals surface area contributed by atoms with Crippen molar-refractivity contribution in [2.75, 3.05) is 11.4 Å². The largest absolute Gasteiger partial charge is 0.464 e. The summed E-state index contributed by atoms with van der Waals surface area (Å²) in [4.78, 5) is 2.36. The van der Waals surface area contributed by atoms with Crippen LogP contribution in [0.4, 0.5) is 5.82 Å². The molecule has 0 amide bonds. The van der Waals surface area contributed by atoms with E-state index in [1.165, 1.54) is 0 Å². The van der Waals surface area contributed by atoms with Crippen molar-refractivity contribution in [2.45, 2.75) is 32.7 Å². The molecule has 1 saturated heterocycles. The van der Waals surface area contributed by atoms with Gasteiger partial charge in [-0.25, -0.2) is 0 Å². The summed E-state index contributed by atoms with van der Waals surface area (Å²) in [5.74, 6) is 4.35. The van der Waals surface area contributed by atoms with Crippen molar-refractivity contribution in [3.8, 4) is 11.4 Å². The predicted molar refractivity (Wildman–Crippen MR) is 106 cm³/mol. The summed E-state index contributed by atoms with van der Waals surface area (Å²) in [7, 11) is 0. The van der Waals surface area contributed by atoms with Crippen LogP contribution < -0.4 is 4.90 Å². The second kappa shape index (κ2) is 6.49. The van der Waals surface area contributed by atoms with E-state index in [2.05, 4.69) is 33.5 Å². The third-order valence-electron chi connectivity index (χ3n) is 5.28. The summed E-state index contributed by atoms with van der Waals surface area (Å²) >= 11 is 1.65. The molecule has 27 heavy (non-hydrogen) atoms. The van der Waals surface area contributed by atoms with Gasteiger partial charge in [0.25, 0.3) is 0 Å². The first-order chi connectivity index (χ1) is 13.2. The number of thiophene rings is 1. The average Bonchev–Trinajstić information content (AvgIpc) is 3.41. The number of hydrogen-bond donors (Lipinski definition) is 0. The van der Waals surface area contributed by atoms with E-state index in [-0.39, 0.29) is 6.04 Å². The van der Waals surface area contributed by atoms with Crippen molar-refractivity contribution in [2.24, 2.45) is 5.92 Å². The number of piperidine rings is 1. The fourth-order valence-corrected chi connectivity index (χ4v) is 4.46. The zero-order chi connectivity index (χ0) is 18.4. The SMILES string of the molecule is Cc1ccc(C2CC(C)CCN2c2ccc3nnc(-c4ccsc4)n3n2)o1. The third kappa shape index (κ3) is 2.92. The first-order valence-corrected chi connectivity index (χ1v) is 10.2. The Morgan fingerprint density at radius 2 is 2.07 bits per heavy atom. The molecule has 0 aliphatic carbocycles. The number of furan rings is 1. The molecule has 2 unspecified atom stereocenters. The van der Waals surface area contributed by atoms with Crippen molar-refractivity contribution in [3.63, 3.8) is 0 Å². The van der Waals surface area contributed by atoms with Crippen LogP contribution >= 0.6 is 11.3 Å². The molecule has 138 valence electrons. The van der Waals surface area contributed by atoms with Gasteiger partial charge in [-0.05, 0) is 61.4 Å². The van der Waals surface area contributed by atoms with Crippen molar-refractivity contribution in [1.82, 2.24) is 19.8 Å².